The summed E-state index contributed by atoms with van der Waals surface area (Å²) in [5, 5.41) is 1.28. The minimum absolute atomic E-state index is 0.333. The first kappa shape index (κ1) is 17.1. The Bertz CT molecular complexity index is 735. The van der Waals surface area contributed by atoms with Gasteiger partial charge in [-0.05, 0) is 54.7 Å². The van der Waals surface area contributed by atoms with E-state index in [0.717, 1.165) is 24.0 Å². The summed E-state index contributed by atoms with van der Waals surface area (Å²) in [4.78, 5) is 12.3. The van der Waals surface area contributed by atoms with Crippen molar-refractivity contribution < 1.29 is 4.79 Å². The second kappa shape index (κ2) is 7.31. The molecule has 1 aromatic heterocycles. The molecule has 1 heterocycles. The molecule has 1 unspecified atom stereocenters. The van der Waals surface area contributed by atoms with Gasteiger partial charge in [0.05, 0.1) is 10.0 Å². The summed E-state index contributed by atoms with van der Waals surface area (Å²) >= 11 is 17.4. The van der Waals surface area contributed by atoms with Crippen molar-refractivity contribution in [2.45, 2.75) is 32.2 Å². The van der Waals surface area contributed by atoms with Crippen LogP contribution in [0.5, 0.6) is 0 Å². The molecule has 0 fully saturated rings. The van der Waals surface area contributed by atoms with Gasteiger partial charge in [0.15, 0.2) is 4.77 Å². The molecule has 0 saturated heterocycles. The zero-order chi connectivity index (χ0) is 16.3. The summed E-state index contributed by atoms with van der Waals surface area (Å²) in [6.45, 7) is 1.31. The highest BCUT2D eigenvalue weighted by atomic mass is 35.5. The average Bonchev–Trinajstić information content (AvgIpc) is 2.85. The van der Waals surface area contributed by atoms with Gasteiger partial charge in [0.1, 0.15) is 0 Å². The van der Waals surface area contributed by atoms with Crippen molar-refractivity contribution in [2.75, 3.05) is 0 Å². The molecule has 1 aromatic carbocycles. The molecule has 0 bridgehead atoms. The minimum Gasteiger partial charge on any atom is -0.370 e. The van der Waals surface area contributed by atoms with Gasteiger partial charge in [0.2, 0.25) is 5.91 Å². The zero-order valence-electron chi connectivity index (χ0n) is 12.1. The summed E-state index contributed by atoms with van der Waals surface area (Å²) in [6.07, 6.45) is 6.95. The van der Waals surface area contributed by atoms with E-state index in [2.05, 4.69) is 15.3 Å². The van der Waals surface area contributed by atoms with E-state index in [9.17, 15) is 4.79 Å². The van der Waals surface area contributed by atoms with E-state index in [1.807, 2.05) is 24.5 Å². The Hall–Kier alpha value is -1.30. The van der Waals surface area contributed by atoms with Crippen LogP contribution in [0.1, 0.15) is 30.5 Å². The van der Waals surface area contributed by atoms with Gasteiger partial charge < -0.3 is 15.3 Å². The maximum atomic E-state index is 9.22. The van der Waals surface area contributed by atoms with Crippen LogP contribution in [0.2, 0.25) is 10.0 Å². The van der Waals surface area contributed by atoms with Crippen LogP contribution in [0.15, 0.2) is 24.5 Å². The van der Waals surface area contributed by atoms with E-state index in [1.165, 1.54) is 18.1 Å². The maximum absolute atomic E-state index is 9.22. The van der Waals surface area contributed by atoms with Crippen molar-refractivity contribution in [1.82, 2.24) is 9.55 Å². The molecule has 0 spiro atoms. The van der Waals surface area contributed by atoms with Crippen LogP contribution in [-0.4, -0.2) is 15.5 Å². The Kier molecular flexibility index (Phi) is 5.67. The number of hydrogen-bond donors (Lipinski definition) is 2. The molecule has 1 aliphatic carbocycles. The van der Waals surface area contributed by atoms with E-state index in [1.54, 1.807) is 0 Å². The predicted octanol–water partition coefficient (Wildman–Crippen LogP) is 4.07. The highest BCUT2D eigenvalue weighted by molar-refractivity contribution is 7.71. The topological polar surface area (TPSA) is 63.8 Å². The van der Waals surface area contributed by atoms with E-state index >= 15 is 0 Å². The molecule has 3 rings (SSSR count). The van der Waals surface area contributed by atoms with Crippen LogP contribution in [0.3, 0.4) is 0 Å². The van der Waals surface area contributed by atoms with Gasteiger partial charge in [-0.25, -0.2) is 0 Å². The standard InChI is InChI=1S/C13H12Cl2N2S.C2H5NO/c14-11-6-8-1-2-10(5-9(8)7-12(11)15)17-4-3-16-13(17)18;1-2(3)4/h3-4,6-7,10H,1-2,5H2,(H,16,18);1H3,(H2,3,4). The number of carbonyl (C=O) groups excluding carboxylic acids is 1. The number of hydrogen-bond acceptors (Lipinski definition) is 2. The van der Waals surface area contributed by atoms with Crippen molar-refractivity contribution >= 4 is 41.3 Å². The number of rotatable bonds is 1. The van der Waals surface area contributed by atoms with Gasteiger partial charge in [-0.3, -0.25) is 4.79 Å². The predicted molar refractivity (Wildman–Crippen MR) is 92.0 cm³/mol. The third-order valence-electron chi connectivity index (χ3n) is 3.51. The van der Waals surface area contributed by atoms with E-state index < -0.39 is 0 Å². The number of aromatic nitrogens is 2. The maximum Gasteiger partial charge on any atom is 0.214 e. The monoisotopic (exact) mass is 357 g/mol. The number of H-pyrrole nitrogens is 1. The lowest BCUT2D eigenvalue weighted by molar-refractivity contribution is -0.115. The van der Waals surface area contributed by atoms with Crippen molar-refractivity contribution in [1.29, 1.82) is 0 Å². The molecule has 4 nitrogen and oxygen atoms in total. The molecular weight excluding hydrogens is 341 g/mol. The summed E-state index contributed by atoms with van der Waals surface area (Å²) in [5.74, 6) is -0.333. The van der Waals surface area contributed by atoms with Crippen LogP contribution in [0, 0.1) is 4.77 Å². The summed E-state index contributed by atoms with van der Waals surface area (Å²) in [7, 11) is 0. The Labute approximate surface area is 144 Å². The minimum atomic E-state index is -0.333. The SMILES string of the molecule is CC(N)=O.S=c1[nH]ccn1C1CCc2cc(Cl)c(Cl)cc2C1. The smallest absolute Gasteiger partial charge is 0.214 e. The lowest BCUT2D eigenvalue weighted by Crippen LogP contribution is -2.18. The van der Waals surface area contributed by atoms with Crippen molar-refractivity contribution in [3.05, 3.63) is 50.5 Å². The molecule has 2 aromatic rings. The van der Waals surface area contributed by atoms with Crippen LogP contribution >= 0.6 is 35.4 Å². The zero-order valence-corrected chi connectivity index (χ0v) is 14.4. The number of carbonyl (C=O) groups is 1. The van der Waals surface area contributed by atoms with Gasteiger partial charge in [0.25, 0.3) is 0 Å². The number of primary amides is 1. The number of nitrogens with zero attached hydrogens (tertiary/aromatic N) is 1. The van der Waals surface area contributed by atoms with Gasteiger partial charge in [-0.2, -0.15) is 0 Å². The largest absolute Gasteiger partial charge is 0.370 e. The summed E-state index contributed by atoms with van der Waals surface area (Å²) < 4.78 is 2.91. The van der Waals surface area contributed by atoms with Crippen molar-refractivity contribution in [3.8, 4) is 0 Å². The first-order valence-corrected chi connectivity index (χ1v) is 8.03. The number of benzene rings is 1. The third kappa shape index (κ3) is 4.12. The number of halogens is 2. The fraction of sp³-hybridized carbons (Fsp3) is 0.333. The second-order valence-corrected chi connectivity index (χ2v) is 6.42. The Balaban J connectivity index is 0.000000396. The van der Waals surface area contributed by atoms with Crippen molar-refractivity contribution in [2.24, 2.45) is 5.73 Å². The Morgan fingerprint density at radius 1 is 1.36 bits per heavy atom. The molecule has 0 radical (unpaired) electrons. The quantitative estimate of drug-likeness (QED) is 0.755. The molecule has 3 N–H and O–H groups in total. The third-order valence-corrected chi connectivity index (χ3v) is 4.57. The molecular formula is C15H17Cl2N3OS. The highest BCUT2D eigenvalue weighted by Crippen LogP contribution is 2.34. The number of aryl methyl sites for hydroxylation is 1. The van der Waals surface area contributed by atoms with Crippen LogP contribution < -0.4 is 5.73 Å². The number of fused-ring (bicyclic) bond motifs is 1. The molecule has 1 atom stereocenters. The lowest BCUT2D eigenvalue weighted by Gasteiger charge is -2.26. The first-order valence-electron chi connectivity index (χ1n) is 6.87. The summed E-state index contributed by atoms with van der Waals surface area (Å²) in [5.41, 5.74) is 7.06. The first-order chi connectivity index (χ1) is 10.4. The number of nitrogens with two attached hydrogens (primary N) is 1. The van der Waals surface area contributed by atoms with Crippen LogP contribution in [0.25, 0.3) is 0 Å². The number of nitrogens with one attached hydrogen (secondary N) is 1. The highest BCUT2D eigenvalue weighted by Gasteiger charge is 2.21. The van der Waals surface area contributed by atoms with Crippen LogP contribution in [0.4, 0.5) is 0 Å². The van der Waals surface area contributed by atoms with E-state index in [4.69, 9.17) is 35.4 Å². The fourth-order valence-corrected chi connectivity index (χ4v) is 3.24. The molecule has 1 amide bonds. The molecule has 1 aliphatic rings. The number of imidazole rings is 1. The Morgan fingerprint density at radius 3 is 2.50 bits per heavy atom. The van der Waals surface area contributed by atoms with Crippen LogP contribution in [-0.2, 0) is 17.6 Å². The number of aromatic amines is 1. The van der Waals surface area contributed by atoms with E-state index in [-0.39, 0.29) is 5.91 Å². The molecule has 22 heavy (non-hydrogen) atoms. The van der Waals surface area contributed by atoms with E-state index in [0.29, 0.717) is 16.1 Å². The van der Waals surface area contributed by atoms with Crippen molar-refractivity contribution in [3.63, 3.8) is 0 Å². The number of amides is 1. The molecule has 7 heteroatoms. The lowest BCUT2D eigenvalue weighted by atomic mass is 9.88. The van der Waals surface area contributed by atoms with Gasteiger partial charge >= 0.3 is 0 Å². The summed E-state index contributed by atoms with van der Waals surface area (Å²) in [6, 6.07) is 4.39. The molecule has 0 saturated carbocycles. The van der Waals surface area contributed by atoms with Gasteiger partial charge in [0, 0.05) is 25.4 Å². The fourth-order valence-electron chi connectivity index (χ4n) is 2.59. The normalized spacial score (nSPS) is 16.4. The van der Waals surface area contributed by atoms with Gasteiger partial charge in [-0.1, -0.05) is 23.2 Å². The molecule has 118 valence electrons. The van der Waals surface area contributed by atoms with Gasteiger partial charge in [-0.15, -0.1) is 0 Å². The average molecular weight is 358 g/mol. The molecule has 0 aliphatic heterocycles. The Morgan fingerprint density at radius 2 is 1.95 bits per heavy atom. The second-order valence-electron chi connectivity index (χ2n) is 5.21.